The largest absolute Gasteiger partial charge is 0.508 e. The average molecular weight is 330 g/mol. The third kappa shape index (κ3) is 5.11. The molecule has 106 valence electrons. The molecule has 19 heavy (non-hydrogen) atoms. The Morgan fingerprint density at radius 1 is 1.37 bits per heavy atom. The number of carbonyl (C=O) groups excluding carboxylic acids is 1. The first-order valence-corrected chi connectivity index (χ1v) is 7.34. The molecule has 0 spiro atoms. The van der Waals surface area contributed by atoms with Crippen molar-refractivity contribution in [3.63, 3.8) is 0 Å². The summed E-state index contributed by atoms with van der Waals surface area (Å²) >= 11 is 3.39. The molecule has 4 nitrogen and oxygen atoms in total. The molecule has 1 amide bonds. The van der Waals surface area contributed by atoms with Crippen LogP contribution in [-0.4, -0.2) is 28.0 Å². The molecule has 0 aromatic heterocycles. The molecule has 1 aromatic rings. The minimum atomic E-state index is -0.375. The van der Waals surface area contributed by atoms with E-state index < -0.39 is 0 Å². The maximum Gasteiger partial charge on any atom is 0.255 e. The highest BCUT2D eigenvalue weighted by Crippen LogP contribution is 2.24. The Morgan fingerprint density at radius 2 is 2.05 bits per heavy atom. The predicted molar refractivity (Wildman–Crippen MR) is 78.9 cm³/mol. The molecular weight excluding hydrogens is 310 g/mol. The highest BCUT2D eigenvalue weighted by molar-refractivity contribution is 9.09. The Labute approximate surface area is 122 Å². The third-order valence-electron chi connectivity index (χ3n) is 2.94. The zero-order valence-corrected chi connectivity index (χ0v) is 12.8. The van der Waals surface area contributed by atoms with Crippen molar-refractivity contribution in [3.05, 3.63) is 23.8 Å². The van der Waals surface area contributed by atoms with E-state index in [4.69, 9.17) is 0 Å². The van der Waals surface area contributed by atoms with Crippen molar-refractivity contribution >= 4 is 21.8 Å². The van der Waals surface area contributed by atoms with E-state index in [1.807, 2.05) is 0 Å². The zero-order valence-electron chi connectivity index (χ0n) is 11.2. The van der Waals surface area contributed by atoms with Gasteiger partial charge < -0.3 is 15.5 Å². The van der Waals surface area contributed by atoms with Crippen LogP contribution in [0.2, 0.25) is 0 Å². The second-order valence-electron chi connectivity index (χ2n) is 5.34. The van der Waals surface area contributed by atoms with Gasteiger partial charge >= 0.3 is 0 Å². The lowest BCUT2D eigenvalue weighted by Gasteiger charge is -2.24. The van der Waals surface area contributed by atoms with Gasteiger partial charge in [-0.05, 0) is 36.5 Å². The summed E-state index contributed by atoms with van der Waals surface area (Å²) in [5.41, 5.74) is 0.0897. The van der Waals surface area contributed by atoms with Crippen LogP contribution >= 0.6 is 15.9 Å². The second-order valence-corrected chi connectivity index (χ2v) is 6.13. The number of benzene rings is 1. The molecule has 0 aliphatic carbocycles. The van der Waals surface area contributed by atoms with E-state index >= 15 is 0 Å². The van der Waals surface area contributed by atoms with Crippen LogP contribution in [0.4, 0.5) is 0 Å². The molecular formula is C14H20BrNO3. The van der Waals surface area contributed by atoms with Gasteiger partial charge in [0, 0.05) is 11.9 Å². The highest BCUT2D eigenvalue weighted by atomic mass is 79.9. The molecule has 5 heteroatoms. The Balaban J connectivity index is 2.62. The van der Waals surface area contributed by atoms with Crippen LogP contribution in [0.5, 0.6) is 11.5 Å². The van der Waals surface area contributed by atoms with Crippen molar-refractivity contribution in [2.45, 2.75) is 26.7 Å². The maximum atomic E-state index is 11.9. The topological polar surface area (TPSA) is 69.6 Å². The number of amides is 1. The summed E-state index contributed by atoms with van der Waals surface area (Å²) in [6.07, 6.45) is 2.03. The van der Waals surface area contributed by atoms with Gasteiger partial charge in [0.15, 0.2) is 0 Å². The van der Waals surface area contributed by atoms with Crippen LogP contribution in [-0.2, 0) is 0 Å². The summed E-state index contributed by atoms with van der Waals surface area (Å²) in [5, 5.41) is 22.7. The van der Waals surface area contributed by atoms with E-state index in [1.54, 1.807) is 0 Å². The van der Waals surface area contributed by atoms with Crippen LogP contribution in [0.25, 0.3) is 0 Å². The number of rotatable bonds is 6. The molecule has 0 unspecified atom stereocenters. The number of phenols is 2. The number of carbonyl (C=O) groups is 1. The van der Waals surface area contributed by atoms with Crippen LogP contribution in [0.1, 0.15) is 37.0 Å². The van der Waals surface area contributed by atoms with Gasteiger partial charge in [0.05, 0.1) is 5.56 Å². The van der Waals surface area contributed by atoms with Gasteiger partial charge in [-0.15, -0.1) is 0 Å². The Bertz CT molecular complexity index is 446. The normalized spacial score (nSPS) is 11.3. The molecule has 0 bridgehead atoms. The number of halogens is 1. The van der Waals surface area contributed by atoms with Gasteiger partial charge in [0.2, 0.25) is 0 Å². The summed E-state index contributed by atoms with van der Waals surface area (Å²) in [6.45, 7) is 4.68. The lowest BCUT2D eigenvalue weighted by atomic mass is 9.88. The number of aromatic hydroxyl groups is 2. The summed E-state index contributed by atoms with van der Waals surface area (Å²) in [6, 6.07) is 3.91. The van der Waals surface area contributed by atoms with Crippen LogP contribution in [0.15, 0.2) is 18.2 Å². The fourth-order valence-corrected chi connectivity index (χ4v) is 2.03. The van der Waals surface area contributed by atoms with Gasteiger partial charge in [-0.3, -0.25) is 4.79 Å². The Kier molecular flexibility index (Phi) is 5.66. The smallest absolute Gasteiger partial charge is 0.255 e. The quantitative estimate of drug-likeness (QED) is 0.555. The predicted octanol–water partition coefficient (Wildman–Crippen LogP) is 3.03. The van der Waals surface area contributed by atoms with Crippen molar-refractivity contribution in [1.29, 1.82) is 0 Å². The van der Waals surface area contributed by atoms with E-state index in [0.717, 1.165) is 18.2 Å². The number of phenolic OH excluding ortho intramolecular Hbond substituents is 2. The molecule has 0 saturated heterocycles. The van der Waals surface area contributed by atoms with E-state index in [2.05, 4.69) is 35.1 Å². The van der Waals surface area contributed by atoms with Gasteiger partial charge in [0.25, 0.3) is 5.91 Å². The van der Waals surface area contributed by atoms with Crippen LogP contribution < -0.4 is 5.32 Å². The van der Waals surface area contributed by atoms with E-state index in [0.29, 0.717) is 6.54 Å². The minimum absolute atomic E-state index is 0.00409. The van der Waals surface area contributed by atoms with Crippen LogP contribution in [0, 0.1) is 5.41 Å². The summed E-state index contributed by atoms with van der Waals surface area (Å²) in [5.74, 6) is -0.546. The van der Waals surface area contributed by atoms with Gasteiger partial charge in [-0.25, -0.2) is 0 Å². The molecule has 1 aromatic carbocycles. The number of hydrogen-bond donors (Lipinski definition) is 3. The van der Waals surface area contributed by atoms with E-state index in [-0.39, 0.29) is 28.4 Å². The Morgan fingerprint density at radius 3 is 2.68 bits per heavy atom. The van der Waals surface area contributed by atoms with Crippen molar-refractivity contribution in [1.82, 2.24) is 5.32 Å². The minimum Gasteiger partial charge on any atom is -0.508 e. The number of nitrogens with one attached hydrogen (secondary N) is 1. The zero-order chi connectivity index (χ0) is 14.5. The molecule has 0 atom stereocenters. The lowest BCUT2D eigenvalue weighted by Crippen LogP contribution is -2.34. The van der Waals surface area contributed by atoms with Gasteiger partial charge in [0.1, 0.15) is 11.5 Å². The first kappa shape index (κ1) is 15.8. The van der Waals surface area contributed by atoms with Gasteiger partial charge in [-0.1, -0.05) is 29.8 Å². The molecule has 0 radical (unpaired) electrons. The summed E-state index contributed by atoms with van der Waals surface area (Å²) < 4.78 is 0. The molecule has 0 saturated carbocycles. The van der Waals surface area contributed by atoms with Gasteiger partial charge in [-0.2, -0.15) is 0 Å². The molecule has 3 N–H and O–H groups in total. The molecule has 0 fully saturated rings. The number of hydrogen-bond acceptors (Lipinski definition) is 3. The van der Waals surface area contributed by atoms with E-state index in [9.17, 15) is 15.0 Å². The molecule has 1 rings (SSSR count). The SMILES string of the molecule is CC(C)(CCCBr)CNC(=O)c1cc(O)ccc1O. The number of alkyl halides is 1. The van der Waals surface area contributed by atoms with Crippen LogP contribution in [0.3, 0.4) is 0 Å². The van der Waals surface area contributed by atoms with Crippen molar-refractivity contribution in [2.75, 3.05) is 11.9 Å². The molecule has 0 aliphatic heterocycles. The lowest BCUT2D eigenvalue weighted by molar-refractivity contribution is 0.0931. The fraction of sp³-hybridized carbons (Fsp3) is 0.500. The maximum absolute atomic E-state index is 11.9. The highest BCUT2D eigenvalue weighted by Gasteiger charge is 2.20. The monoisotopic (exact) mass is 329 g/mol. The fourth-order valence-electron chi connectivity index (χ4n) is 1.75. The molecule has 0 aliphatic rings. The summed E-state index contributed by atoms with van der Waals surface area (Å²) in [7, 11) is 0. The first-order valence-electron chi connectivity index (χ1n) is 6.22. The van der Waals surface area contributed by atoms with E-state index in [1.165, 1.54) is 18.2 Å². The average Bonchev–Trinajstić information content (AvgIpc) is 2.36. The van der Waals surface area contributed by atoms with Crippen molar-refractivity contribution in [2.24, 2.45) is 5.41 Å². The standard InChI is InChI=1S/C14H20BrNO3/c1-14(2,6-3-7-15)9-16-13(19)11-8-10(17)4-5-12(11)18/h4-5,8,17-18H,3,6-7,9H2,1-2H3,(H,16,19). The Hall–Kier alpha value is -1.23. The molecule has 0 heterocycles. The second kappa shape index (κ2) is 6.80. The van der Waals surface area contributed by atoms with Crippen molar-refractivity contribution < 1.29 is 15.0 Å². The third-order valence-corrected chi connectivity index (χ3v) is 3.50. The first-order chi connectivity index (χ1) is 8.85. The summed E-state index contributed by atoms with van der Waals surface area (Å²) in [4.78, 5) is 11.9. The van der Waals surface area contributed by atoms with Crippen molar-refractivity contribution in [3.8, 4) is 11.5 Å².